The highest BCUT2D eigenvalue weighted by atomic mass is 32.1. The molecule has 0 radical (unpaired) electrons. The van der Waals surface area contributed by atoms with Crippen LogP contribution in [0, 0.1) is 12.7 Å². The van der Waals surface area contributed by atoms with Crippen molar-refractivity contribution in [2.24, 2.45) is 0 Å². The van der Waals surface area contributed by atoms with Gasteiger partial charge in [0.25, 0.3) is 5.56 Å². The lowest BCUT2D eigenvalue weighted by molar-refractivity contribution is 0.0594. The molecule has 0 fully saturated rings. The molecule has 0 amide bonds. The van der Waals surface area contributed by atoms with Gasteiger partial charge in [-0.1, -0.05) is 0 Å². The molecule has 2 heterocycles. The number of carbonyl (C=O) groups excluding carboxylic acids is 1. The second-order valence-corrected chi connectivity index (χ2v) is 6.06. The zero-order valence-electron chi connectivity index (χ0n) is 12.3. The molecule has 0 unspecified atom stereocenters. The van der Waals surface area contributed by atoms with Crippen LogP contribution < -0.4 is 11.3 Å². The first-order chi connectivity index (χ1) is 10.9. The molecule has 118 valence electrons. The minimum atomic E-state index is -0.674. The zero-order valence-corrected chi connectivity index (χ0v) is 13.1. The summed E-state index contributed by atoms with van der Waals surface area (Å²) in [5.74, 6) is -1.12. The number of nitrogens with zero attached hydrogens (tertiary/aromatic N) is 2. The molecular formula is C15H12FN3O3S. The Kier molecular flexibility index (Phi) is 3.61. The Balaban J connectivity index is 2.42. The van der Waals surface area contributed by atoms with E-state index in [1.807, 2.05) is 0 Å². The van der Waals surface area contributed by atoms with Crippen LogP contribution in [0.2, 0.25) is 0 Å². The number of nitrogen functional groups attached to an aromatic ring is 1. The summed E-state index contributed by atoms with van der Waals surface area (Å²) in [5.41, 5.74) is 5.78. The van der Waals surface area contributed by atoms with Gasteiger partial charge in [0, 0.05) is 10.3 Å². The van der Waals surface area contributed by atoms with Gasteiger partial charge in [0.15, 0.2) is 5.69 Å². The van der Waals surface area contributed by atoms with E-state index in [2.05, 4.69) is 5.10 Å². The van der Waals surface area contributed by atoms with Crippen molar-refractivity contribution >= 4 is 33.1 Å². The second-order valence-electron chi connectivity index (χ2n) is 4.81. The lowest BCUT2D eigenvalue weighted by Crippen LogP contribution is -2.25. The molecule has 0 saturated heterocycles. The van der Waals surface area contributed by atoms with E-state index < -0.39 is 17.3 Å². The molecule has 2 aromatic heterocycles. The van der Waals surface area contributed by atoms with Crippen molar-refractivity contribution in [1.82, 2.24) is 9.78 Å². The molecule has 0 atom stereocenters. The van der Waals surface area contributed by atoms with Crippen molar-refractivity contribution in [2.75, 3.05) is 12.8 Å². The number of anilines is 1. The quantitative estimate of drug-likeness (QED) is 0.727. The van der Waals surface area contributed by atoms with Crippen molar-refractivity contribution < 1.29 is 13.9 Å². The summed E-state index contributed by atoms with van der Waals surface area (Å²) in [7, 11) is 1.23. The van der Waals surface area contributed by atoms with Gasteiger partial charge in [0.05, 0.1) is 23.2 Å². The Hall–Kier alpha value is -2.74. The molecule has 0 bridgehead atoms. The van der Waals surface area contributed by atoms with Crippen LogP contribution in [0.5, 0.6) is 0 Å². The maximum absolute atomic E-state index is 13.1. The number of hydrogen-bond acceptors (Lipinski definition) is 6. The molecule has 3 rings (SSSR count). The first-order valence-electron chi connectivity index (χ1n) is 6.60. The normalized spacial score (nSPS) is 10.9. The SMILES string of the molecule is COC(=O)c1nn(-c2ccc(F)cc2)c(=O)c2c(N)sc(C)c12. The number of fused-ring (bicyclic) bond motifs is 1. The molecule has 6 nitrogen and oxygen atoms in total. The Morgan fingerprint density at radius 1 is 1.30 bits per heavy atom. The number of hydrogen-bond donors (Lipinski definition) is 1. The summed E-state index contributed by atoms with van der Waals surface area (Å²) in [6.07, 6.45) is 0. The number of thiophene rings is 1. The average Bonchev–Trinajstić information content (AvgIpc) is 2.83. The van der Waals surface area contributed by atoms with Crippen LogP contribution in [-0.2, 0) is 4.74 Å². The van der Waals surface area contributed by atoms with E-state index in [0.717, 1.165) is 4.68 Å². The third kappa shape index (κ3) is 2.36. The first-order valence-corrected chi connectivity index (χ1v) is 7.42. The highest BCUT2D eigenvalue weighted by Gasteiger charge is 2.23. The summed E-state index contributed by atoms with van der Waals surface area (Å²) < 4.78 is 18.9. The first kappa shape index (κ1) is 15.2. The van der Waals surface area contributed by atoms with E-state index in [-0.39, 0.29) is 11.1 Å². The summed E-state index contributed by atoms with van der Waals surface area (Å²) in [4.78, 5) is 25.4. The third-order valence-corrected chi connectivity index (χ3v) is 4.34. The number of benzene rings is 1. The smallest absolute Gasteiger partial charge is 0.359 e. The Bertz CT molecular complexity index is 976. The molecule has 0 aliphatic carbocycles. The van der Waals surface area contributed by atoms with E-state index >= 15 is 0 Å². The number of rotatable bonds is 2. The summed E-state index contributed by atoms with van der Waals surface area (Å²) in [6.45, 7) is 1.75. The van der Waals surface area contributed by atoms with Gasteiger partial charge in [-0.15, -0.1) is 11.3 Å². The molecule has 0 spiro atoms. The van der Waals surface area contributed by atoms with Gasteiger partial charge in [0.1, 0.15) is 5.82 Å². The Labute approximate surface area is 133 Å². The average molecular weight is 333 g/mol. The van der Waals surface area contributed by atoms with E-state index in [4.69, 9.17) is 10.5 Å². The number of esters is 1. The number of aromatic nitrogens is 2. The third-order valence-electron chi connectivity index (χ3n) is 3.40. The lowest BCUT2D eigenvalue weighted by atomic mass is 10.2. The topological polar surface area (TPSA) is 87.2 Å². The van der Waals surface area contributed by atoms with Crippen LogP contribution in [0.3, 0.4) is 0 Å². The maximum atomic E-state index is 13.1. The van der Waals surface area contributed by atoms with Crippen LogP contribution in [0.15, 0.2) is 29.1 Å². The van der Waals surface area contributed by atoms with Crippen molar-refractivity contribution in [3.63, 3.8) is 0 Å². The van der Waals surface area contributed by atoms with Gasteiger partial charge in [-0.3, -0.25) is 4.79 Å². The lowest BCUT2D eigenvalue weighted by Gasteiger charge is -2.08. The number of halogens is 1. The standard InChI is InChI=1S/C15H12FN3O3S/c1-7-10-11(13(17)23-7)14(20)19(18-12(10)15(21)22-2)9-5-3-8(16)4-6-9/h3-6H,17H2,1-2H3. The highest BCUT2D eigenvalue weighted by molar-refractivity contribution is 7.17. The molecule has 3 aromatic rings. The van der Waals surface area contributed by atoms with Crippen molar-refractivity contribution in [2.45, 2.75) is 6.92 Å². The fourth-order valence-electron chi connectivity index (χ4n) is 2.36. The number of methoxy groups -OCH3 is 1. The van der Waals surface area contributed by atoms with Gasteiger partial charge >= 0.3 is 5.97 Å². The molecule has 0 saturated carbocycles. The number of nitrogens with two attached hydrogens (primary N) is 1. The van der Waals surface area contributed by atoms with Crippen LogP contribution in [-0.4, -0.2) is 22.9 Å². The molecule has 2 N–H and O–H groups in total. The Morgan fingerprint density at radius 2 is 1.96 bits per heavy atom. The molecule has 8 heteroatoms. The fourth-order valence-corrected chi connectivity index (χ4v) is 3.28. The van der Waals surface area contributed by atoms with Gasteiger partial charge in [-0.2, -0.15) is 9.78 Å². The second kappa shape index (κ2) is 5.47. The van der Waals surface area contributed by atoms with Crippen LogP contribution >= 0.6 is 11.3 Å². The van der Waals surface area contributed by atoms with Gasteiger partial charge in [-0.05, 0) is 31.2 Å². The monoisotopic (exact) mass is 333 g/mol. The van der Waals surface area contributed by atoms with Crippen LogP contribution in [0.4, 0.5) is 9.39 Å². The largest absolute Gasteiger partial charge is 0.464 e. The summed E-state index contributed by atoms with van der Waals surface area (Å²) in [6, 6.07) is 5.19. The highest BCUT2D eigenvalue weighted by Crippen LogP contribution is 2.32. The van der Waals surface area contributed by atoms with E-state index in [9.17, 15) is 14.0 Å². The minimum Gasteiger partial charge on any atom is -0.464 e. The van der Waals surface area contributed by atoms with Gasteiger partial charge in [0.2, 0.25) is 0 Å². The predicted molar refractivity (Wildman–Crippen MR) is 85.7 cm³/mol. The maximum Gasteiger partial charge on any atom is 0.359 e. The van der Waals surface area contributed by atoms with E-state index in [0.29, 0.717) is 21.0 Å². The van der Waals surface area contributed by atoms with Crippen molar-refractivity contribution in [3.05, 3.63) is 51.0 Å². The van der Waals surface area contributed by atoms with Crippen molar-refractivity contribution in [1.29, 1.82) is 0 Å². The molecule has 1 aromatic carbocycles. The fraction of sp³-hybridized carbons (Fsp3) is 0.133. The number of carbonyl (C=O) groups is 1. The summed E-state index contributed by atoms with van der Waals surface area (Å²) >= 11 is 1.20. The molecular weight excluding hydrogens is 321 g/mol. The Morgan fingerprint density at radius 3 is 2.57 bits per heavy atom. The zero-order chi connectivity index (χ0) is 16.7. The molecule has 0 aliphatic heterocycles. The number of ether oxygens (including phenoxy) is 1. The number of aryl methyl sites for hydroxylation is 1. The van der Waals surface area contributed by atoms with Gasteiger partial charge in [-0.25, -0.2) is 9.18 Å². The minimum absolute atomic E-state index is 0.00289. The van der Waals surface area contributed by atoms with Crippen LogP contribution in [0.1, 0.15) is 15.4 Å². The van der Waals surface area contributed by atoms with E-state index in [1.165, 1.54) is 42.7 Å². The molecule has 0 aliphatic rings. The van der Waals surface area contributed by atoms with Crippen LogP contribution in [0.25, 0.3) is 16.5 Å². The summed E-state index contributed by atoms with van der Waals surface area (Å²) in [5, 5.41) is 5.01. The van der Waals surface area contributed by atoms with Crippen molar-refractivity contribution in [3.8, 4) is 5.69 Å². The predicted octanol–water partition coefficient (Wildman–Crippen LogP) is 2.26. The molecule has 23 heavy (non-hydrogen) atoms. The van der Waals surface area contributed by atoms with Gasteiger partial charge < -0.3 is 10.5 Å². The van der Waals surface area contributed by atoms with E-state index in [1.54, 1.807) is 6.92 Å².